The summed E-state index contributed by atoms with van der Waals surface area (Å²) in [7, 11) is 3.02. The van der Waals surface area contributed by atoms with Gasteiger partial charge in [-0.1, -0.05) is 0 Å². The first kappa shape index (κ1) is 16.0. The highest BCUT2D eigenvalue weighted by atomic mass is 19.1. The van der Waals surface area contributed by atoms with Crippen LogP contribution in [-0.2, 0) is 0 Å². The second kappa shape index (κ2) is 5.80. The molecule has 0 saturated carbocycles. The number of nitrogens with one attached hydrogen (secondary N) is 1. The maximum absolute atomic E-state index is 14.7. The molecule has 1 N–H and O–H groups in total. The zero-order valence-electron chi connectivity index (χ0n) is 14.3. The predicted molar refractivity (Wildman–Crippen MR) is 91.8 cm³/mol. The second-order valence-corrected chi connectivity index (χ2v) is 5.70. The number of hydrogen-bond acceptors (Lipinski definition) is 5. The number of fused-ring (bicyclic) bond motifs is 2. The van der Waals surface area contributed by atoms with Gasteiger partial charge in [-0.25, -0.2) is 13.4 Å². The van der Waals surface area contributed by atoms with E-state index in [2.05, 4.69) is 20.5 Å². The third-order valence-corrected chi connectivity index (χ3v) is 4.13. The van der Waals surface area contributed by atoms with E-state index in [9.17, 15) is 9.18 Å². The Balaban J connectivity index is 2.01. The Morgan fingerprint density at radius 2 is 2.15 bits per heavy atom. The Labute approximate surface area is 147 Å². The van der Waals surface area contributed by atoms with Gasteiger partial charge in [0.1, 0.15) is 11.3 Å². The lowest BCUT2D eigenvalue weighted by atomic mass is 10.1. The van der Waals surface area contributed by atoms with Crippen LogP contribution in [0.25, 0.3) is 22.2 Å². The van der Waals surface area contributed by atoms with Crippen molar-refractivity contribution in [3.8, 4) is 17.0 Å². The molecule has 0 fully saturated rings. The molecule has 4 rings (SSSR count). The molecule has 0 radical (unpaired) electrons. The quantitative estimate of drug-likeness (QED) is 0.607. The van der Waals surface area contributed by atoms with E-state index < -0.39 is 5.82 Å². The van der Waals surface area contributed by atoms with Gasteiger partial charge in [0.2, 0.25) is 5.88 Å². The minimum atomic E-state index is -0.464. The summed E-state index contributed by atoms with van der Waals surface area (Å²) in [6.07, 6.45) is 4.42. The van der Waals surface area contributed by atoms with Crippen molar-refractivity contribution in [1.82, 2.24) is 29.5 Å². The molecule has 1 amide bonds. The van der Waals surface area contributed by atoms with E-state index in [1.807, 2.05) is 0 Å². The first-order chi connectivity index (χ1) is 12.5. The first-order valence-corrected chi connectivity index (χ1v) is 7.82. The number of nitrogens with zero attached hydrogens (tertiary/aromatic N) is 5. The van der Waals surface area contributed by atoms with Gasteiger partial charge in [0, 0.05) is 13.2 Å². The highest BCUT2D eigenvalue weighted by molar-refractivity contribution is 6.01. The molecule has 132 valence electrons. The van der Waals surface area contributed by atoms with Crippen LogP contribution in [0.1, 0.15) is 16.2 Å². The van der Waals surface area contributed by atoms with Crippen LogP contribution in [-0.4, -0.2) is 44.3 Å². The van der Waals surface area contributed by atoms with E-state index in [1.54, 1.807) is 36.8 Å². The van der Waals surface area contributed by atoms with E-state index in [1.165, 1.54) is 24.0 Å². The van der Waals surface area contributed by atoms with Gasteiger partial charge < -0.3 is 10.1 Å². The highest BCUT2D eigenvalue weighted by Crippen LogP contribution is 2.34. The summed E-state index contributed by atoms with van der Waals surface area (Å²) in [5.74, 6) is 0.00445. The maximum atomic E-state index is 14.7. The number of rotatable bonds is 3. The largest absolute Gasteiger partial charge is 0.479 e. The van der Waals surface area contributed by atoms with Gasteiger partial charge in [-0.15, -0.1) is 0 Å². The maximum Gasteiger partial charge on any atom is 0.254 e. The summed E-state index contributed by atoms with van der Waals surface area (Å²) < 4.78 is 23.0. The van der Waals surface area contributed by atoms with Crippen molar-refractivity contribution in [2.45, 2.75) is 6.92 Å². The number of hydrogen-bond donors (Lipinski definition) is 1. The van der Waals surface area contributed by atoms with Crippen molar-refractivity contribution >= 4 is 16.9 Å². The number of amides is 1. The molecule has 0 bridgehead atoms. The van der Waals surface area contributed by atoms with Crippen molar-refractivity contribution in [3.05, 3.63) is 47.9 Å². The molecule has 0 aliphatic heterocycles. The second-order valence-electron chi connectivity index (χ2n) is 5.70. The summed E-state index contributed by atoms with van der Waals surface area (Å²) in [6.45, 7) is 1.70. The van der Waals surface area contributed by atoms with Gasteiger partial charge in [-0.3, -0.25) is 4.79 Å². The average molecular weight is 354 g/mol. The number of ether oxygens (including phenoxy) is 1. The van der Waals surface area contributed by atoms with Crippen molar-refractivity contribution < 1.29 is 13.9 Å². The fourth-order valence-electron chi connectivity index (χ4n) is 2.99. The van der Waals surface area contributed by atoms with Crippen LogP contribution in [0.5, 0.6) is 5.88 Å². The number of carbonyl (C=O) groups is 1. The van der Waals surface area contributed by atoms with Crippen LogP contribution in [0, 0.1) is 12.7 Å². The van der Waals surface area contributed by atoms with Gasteiger partial charge in [-0.2, -0.15) is 15.2 Å². The Bertz CT molecular complexity index is 1160. The fourth-order valence-corrected chi connectivity index (χ4v) is 2.99. The van der Waals surface area contributed by atoms with E-state index in [-0.39, 0.29) is 11.8 Å². The molecule has 0 spiro atoms. The molecule has 4 heterocycles. The molecular weight excluding hydrogens is 339 g/mol. The van der Waals surface area contributed by atoms with E-state index in [0.717, 1.165) is 0 Å². The predicted octanol–water partition coefficient (Wildman–Crippen LogP) is 1.86. The van der Waals surface area contributed by atoms with Gasteiger partial charge in [0.15, 0.2) is 5.82 Å². The molecule has 8 nitrogen and oxygen atoms in total. The Morgan fingerprint density at radius 3 is 2.88 bits per heavy atom. The van der Waals surface area contributed by atoms with Crippen molar-refractivity contribution in [2.24, 2.45) is 0 Å². The molecule has 4 aromatic heterocycles. The summed E-state index contributed by atoms with van der Waals surface area (Å²) in [6, 6.07) is 3.42. The van der Waals surface area contributed by atoms with Gasteiger partial charge >= 0.3 is 0 Å². The number of aryl methyl sites for hydroxylation is 1. The lowest BCUT2D eigenvalue weighted by Crippen LogP contribution is -2.17. The fraction of sp³-hybridized carbons (Fsp3) is 0.176. The topological polar surface area (TPSA) is 85.8 Å². The SMILES string of the molecule is CNC(=O)c1cnn2ccc(-c3c(F)cn4nc(C)nc(OC)c34)cc12. The number of pyridine rings is 1. The molecule has 0 saturated heterocycles. The third-order valence-electron chi connectivity index (χ3n) is 4.13. The van der Waals surface area contributed by atoms with E-state index >= 15 is 0 Å². The van der Waals surface area contributed by atoms with Crippen molar-refractivity contribution in [1.29, 1.82) is 0 Å². The van der Waals surface area contributed by atoms with Crippen LogP contribution in [0.3, 0.4) is 0 Å². The Kier molecular flexibility index (Phi) is 3.57. The molecule has 0 aliphatic carbocycles. The van der Waals surface area contributed by atoms with Crippen LogP contribution in [0.2, 0.25) is 0 Å². The monoisotopic (exact) mass is 354 g/mol. The molecule has 0 atom stereocenters. The summed E-state index contributed by atoms with van der Waals surface area (Å²) in [4.78, 5) is 16.2. The third kappa shape index (κ3) is 2.28. The summed E-state index contributed by atoms with van der Waals surface area (Å²) in [5.41, 5.74) is 2.24. The van der Waals surface area contributed by atoms with Gasteiger partial charge in [0.05, 0.1) is 36.1 Å². The first-order valence-electron chi connectivity index (χ1n) is 7.82. The van der Waals surface area contributed by atoms with Crippen LogP contribution >= 0.6 is 0 Å². The minimum absolute atomic E-state index is 0.268. The van der Waals surface area contributed by atoms with Crippen LogP contribution < -0.4 is 10.1 Å². The average Bonchev–Trinajstić information content (AvgIpc) is 3.19. The molecule has 4 aromatic rings. The van der Waals surface area contributed by atoms with E-state index in [4.69, 9.17) is 4.74 Å². The lowest BCUT2D eigenvalue weighted by Gasteiger charge is -2.07. The standard InChI is InChI=1S/C17H15FN6O2/c1-9-21-17(26-3)15-14(12(18)8-24(15)22-9)10-4-5-23-13(6-10)11(7-20-23)16(25)19-2/h4-8H,1-3H3,(H,19,25). The lowest BCUT2D eigenvalue weighted by molar-refractivity contribution is 0.0964. The van der Waals surface area contributed by atoms with Crippen LogP contribution in [0.4, 0.5) is 4.39 Å². The van der Waals surface area contributed by atoms with Crippen LogP contribution in [0.15, 0.2) is 30.7 Å². The number of carbonyl (C=O) groups excluding carboxylic acids is 1. The molecule has 0 aromatic carbocycles. The molecule has 0 aliphatic rings. The Morgan fingerprint density at radius 1 is 1.35 bits per heavy atom. The van der Waals surface area contributed by atoms with E-state index in [0.29, 0.717) is 33.5 Å². The normalized spacial score (nSPS) is 11.2. The number of halogens is 1. The Hall–Kier alpha value is -3.49. The highest BCUT2D eigenvalue weighted by Gasteiger charge is 2.20. The smallest absolute Gasteiger partial charge is 0.254 e. The number of aromatic nitrogens is 5. The van der Waals surface area contributed by atoms with Gasteiger partial charge in [-0.05, 0) is 24.6 Å². The molecule has 26 heavy (non-hydrogen) atoms. The molecule has 0 unspecified atom stereocenters. The van der Waals surface area contributed by atoms with Crippen molar-refractivity contribution in [2.75, 3.05) is 14.2 Å². The zero-order chi connectivity index (χ0) is 18.4. The molecule has 9 heteroatoms. The number of methoxy groups -OCH3 is 1. The molecular formula is C17H15FN6O2. The summed E-state index contributed by atoms with van der Waals surface area (Å²) in [5, 5.41) is 10.9. The summed E-state index contributed by atoms with van der Waals surface area (Å²) >= 11 is 0. The zero-order valence-corrected chi connectivity index (χ0v) is 14.3. The van der Waals surface area contributed by atoms with Gasteiger partial charge in [0.25, 0.3) is 5.91 Å². The minimum Gasteiger partial charge on any atom is -0.479 e. The van der Waals surface area contributed by atoms with Crippen molar-refractivity contribution in [3.63, 3.8) is 0 Å².